The van der Waals surface area contributed by atoms with E-state index in [1.165, 1.54) is 0 Å². The Bertz CT molecular complexity index is 265. The maximum atomic E-state index is 11.5. The molecule has 3 nitrogen and oxygen atoms in total. The highest BCUT2D eigenvalue weighted by atomic mass is 32.2. The molecule has 0 aliphatic heterocycles. The quantitative estimate of drug-likeness (QED) is 0.672. The van der Waals surface area contributed by atoms with Crippen molar-refractivity contribution in [2.75, 3.05) is 18.1 Å². The molecule has 0 heterocycles. The summed E-state index contributed by atoms with van der Waals surface area (Å²) in [5.41, 5.74) is 0.126. The Morgan fingerprint density at radius 1 is 1.00 bits per heavy atom. The largest absolute Gasteiger partial charge is 0.312 e. The fraction of sp³-hybridized carbons (Fsp3) is 1.00. The van der Waals surface area contributed by atoms with E-state index in [0.717, 1.165) is 32.2 Å². The van der Waals surface area contributed by atoms with Gasteiger partial charge in [-0.25, -0.2) is 8.42 Å². The second-order valence-electron chi connectivity index (χ2n) is 5.39. The number of unbranched alkanes of at least 4 members (excludes halogenated alkanes) is 2. The molecule has 0 radical (unpaired) electrons. The summed E-state index contributed by atoms with van der Waals surface area (Å²) >= 11 is 0. The first kappa shape index (κ1) is 15.9. The first-order chi connectivity index (χ1) is 7.27. The van der Waals surface area contributed by atoms with Gasteiger partial charge in [-0.05, 0) is 46.6 Å². The van der Waals surface area contributed by atoms with E-state index in [-0.39, 0.29) is 5.54 Å². The molecule has 4 heteroatoms. The molecule has 1 N–H and O–H groups in total. The number of nitrogens with one attached hydrogen (secondary N) is 1. The van der Waals surface area contributed by atoms with Gasteiger partial charge in [-0.15, -0.1) is 0 Å². The Labute approximate surface area is 101 Å². The molecule has 0 saturated heterocycles. The van der Waals surface area contributed by atoms with Gasteiger partial charge < -0.3 is 5.32 Å². The van der Waals surface area contributed by atoms with Crippen molar-refractivity contribution < 1.29 is 8.42 Å². The highest BCUT2D eigenvalue weighted by molar-refractivity contribution is 7.91. The van der Waals surface area contributed by atoms with Crippen LogP contribution in [0.1, 0.15) is 53.4 Å². The molecule has 0 aromatic carbocycles. The third-order valence-electron chi connectivity index (χ3n) is 2.35. The van der Waals surface area contributed by atoms with Gasteiger partial charge in [0.05, 0.1) is 11.5 Å². The minimum absolute atomic E-state index is 0.126. The van der Waals surface area contributed by atoms with E-state index in [1.54, 1.807) is 0 Å². The molecule has 0 saturated carbocycles. The summed E-state index contributed by atoms with van der Waals surface area (Å²) in [5.74, 6) is 0.703. The molecule has 0 aliphatic carbocycles. The van der Waals surface area contributed by atoms with Crippen molar-refractivity contribution in [3.05, 3.63) is 0 Å². The molecule has 0 aromatic rings. The van der Waals surface area contributed by atoms with Crippen LogP contribution in [-0.4, -0.2) is 32.0 Å². The molecule has 98 valence electrons. The van der Waals surface area contributed by atoms with Crippen LogP contribution in [0.5, 0.6) is 0 Å². The van der Waals surface area contributed by atoms with E-state index in [0.29, 0.717) is 11.5 Å². The number of sulfone groups is 1. The third kappa shape index (κ3) is 10.4. The zero-order valence-electron chi connectivity index (χ0n) is 11.2. The fourth-order valence-corrected chi connectivity index (χ4v) is 2.95. The van der Waals surface area contributed by atoms with Crippen LogP contribution in [0.3, 0.4) is 0 Å². The Kier molecular flexibility index (Phi) is 7.24. The highest BCUT2D eigenvalue weighted by Crippen LogP contribution is 2.03. The van der Waals surface area contributed by atoms with Crippen LogP contribution in [0.15, 0.2) is 0 Å². The summed E-state index contributed by atoms with van der Waals surface area (Å²) in [7, 11) is -2.79. The lowest BCUT2D eigenvalue weighted by molar-refractivity contribution is 0.421. The van der Waals surface area contributed by atoms with Gasteiger partial charge in [0.1, 0.15) is 9.84 Å². The van der Waals surface area contributed by atoms with E-state index in [9.17, 15) is 8.42 Å². The predicted octanol–water partition coefficient (Wildman–Crippen LogP) is 2.37. The number of hydrogen-bond acceptors (Lipinski definition) is 3. The molecule has 16 heavy (non-hydrogen) atoms. The number of rotatable bonds is 8. The van der Waals surface area contributed by atoms with Crippen molar-refractivity contribution in [1.82, 2.24) is 5.32 Å². The van der Waals surface area contributed by atoms with Gasteiger partial charge in [0.15, 0.2) is 0 Å². The summed E-state index contributed by atoms with van der Waals surface area (Å²) in [6, 6.07) is 0. The Morgan fingerprint density at radius 3 is 2.06 bits per heavy atom. The first-order valence-electron chi connectivity index (χ1n) is 6.22. The molecule has 0 fully saturated rings. The average molecular weight is 249 g/mol. The standard InChI is InChI=1S/C12H27NO2S/c1-5-6-10-16(14,15)11-8-7-9-13-12(2,3)4/h13H,5-11H2,1-4H3. The maximum absolute atomic E-state index is 11.5. The van der Waals surface area contributed by atoms with Gasteiger partial charge in [-0.2, -0.15) is 0 Å². The van der Waals surface area contributed by atoms with E-state index in [4.69, 9.17) is 0 Å². The van der Waals surface area contributed by atoms with Crippen LogP contribution in [0.2, 0.25) is 0 Å². The fourth-order valence-electron chi connectivity index (χ4n) is 1.38. The van der Waals surface area contributed by atoms with E-state index >= 15 is 0 Å². The second kappa shape index (κ2) is 7.28. The smallest absolute Gasteiger partial charge is 0.150 e. The lowest BCUT2D eigenvalue weighted by atomic mass is 10.1. The highest BCUT2D eigenvalue weighted by Gasteiger charge is 2.10. The molecule has 0 aromatic heterocycles. The zero-order valence-corrected chi connectivity index (χ0v) is 12.0. The van der Waals surface area contributed by atoms with Crippen LogP contribution >= 0.6 is 0 Å². The van der Waals surface area contributed by atoms with Crippen molar-refractivity contribution in [3.8, 4) is 0 Å². The van der Waals surface area contributed by atoms with Crippen LogP contribution in [-0.2, 0) is 9.84 Å². The Balaban J connectivity index is 3.58. The van der Waals surface area contributed by atoms with Gasteiger partial charge in [-0.1, -0.05) is 13.3 Å². The summed E-state index contributed by atoms with van der Waals surface area (Å²) in [5, 5.41) is 3.36. The molecule has 0 atom stereocenters. The molecular formula is C12H27NO2S. The Morgan fingerprint density at radius 2 is 1.56 bits per heavy atom. The summed E-state index contributed by atoms with van der Waals surface area (Å²) < 4.78 is 23.1. The van der Waals surface area contributed by atoms with Gasteiger partial charge in [0.25, 0.3) is 0 Å². The SMILES string of the molecule is CCCCS(=O)(=O)CCCCNC(C)(C)C. The molecule has 0 spiro atoms. The molecule has 0 aliphatic rings. The van der Waals surface area contributed by atoms with Crippen molar-refractivity contribution in [2.24, 2.45) is 0 Å². The minimum Gasteiger partial charge on any atom is -0.312 e. The lowest BCUT2D eigenvalue weighted by Crippen LogP contribution is -2.36. The monoisotopic (exact) mass is 249 g/mol. The summed E-state index contributed by atoms with van der Waals surface area (Å²) in [6.45, 7) is 9.26. The van der Waals surface area contributed by atoms with E-state index in [2.05, 4.69) is 26.1 Å². The van der Waals surface area contributed by atoms with Crippen LogP contribution in [0.4, 0.5) is 0 Å². The van der Waals surface area contributed by atoms with Crippen molar-refractivity contribution in [3.63, 3.8) is 0 Å². The maximum Gasteiger partial charge on any atom is 0.150 e. The molecular weight excluding hydrogens is 222 g/mol. The predicted molar refractivity (Wildman–Crippen MR) is 70.6 cm³/mol. The zero-order chi connectivity index (χ0) is 12.7. The van der Waals surface area contributed by atoms with Crippen LogP contribution < -0.4 is 5.32 Å². The molecule has 0 bridgehead atoms. The van der Waals surface area contributed by atoms with Gasteiger partial charge in [-0.3, -0.25) is 0 Å². The van der Waals surface area contributed by atoms with Crippen LogP contribution in [0, 0.1) is 0 Å². The second-order valence-corrected chi connectivity index (χ2v) is 7.69. The van der Waals surface area contributed by atoms with Crippen LogP contribution in [0.25, 0.3) is 0 Å². The van der Waals surface area contributed by atoms with Crippen molar-refractivity contribution in [1.29, 1.82) is 0 Å². The van der Waals surface area contributed by atoms with E-state index < -0.39 is 9.84 Å². The van der Waals surface area contributed by atoms with Crippen molar-refractivity contribution in [2.45, 2.75) is 58.9 Å². The van der Waals surface area contributed by atoms with Crippen molar-refractivity contribution >= 4 is 9.84 Å². The third-order valence-corrected chi connectivity index (χ3v) is 4.17. The van der Waals surface area contributed by atoms with Gasteiger partial charge in [0.2, 0.25) is 0 Å². The van der Waals surface area contributed by atoms with E-state index in [1.807, 2.05) is 6.92 Å². The molecule has 0 amide bonds. The molecule has 0 unspecified atom stereocenters. The first-order valence-corrected chi connectivity index (χ1v) is 8.04. The lowest BCUT2D eigenvalue weighted by Gasteiger charge is -2.20. The van der Waals surface area contributed by atoms with Gasteiger partial charge >= 0.3 is 0 Å². The summed E-state index contributed by atoms with van der Waals surface area (Å²) in [6.07, 6.45) is 3.45. The molecule has 0 rings (SSSR count). The van der Waals surface area contributed by atoms with Gasteiger partial charge in [0, 0.05) is 5.54 Å². The average Bonchev–Trinajstić information content (AvgIpc) is 2.12. The summed E-state index contributed by atoms with van der Waals surface area (Å²) in [4.78, 5) is 0. The Hall–Kier alpha value is -0.0900. The minimum atomic E-state index is -2.79. The topological polar surface area (TPSA) is 46.2 Å². The number of hydrogen-bond donors (Lipinski definition) is 1. The normalized spacial score (nSPS) is 13.0.